The fraction of sp³-hybridized carbons (Fsp3) is 0.0476. The topological polar surface area (TPSA) is 87.2 Å². The minimum absolute atomic E-state index is 0.131. The van der Waals surface area contributed by atoms with E-state index in [1.807, 2.05) is 42.5 Å². The molecule has 0 aliphatic rings. The Morgan fingerprint density at radius 2 is 1.72 bits per heavy atom. The van der Waals surface area contributed by atoms with E-state index in [0.29, 0.717) is 5.56 Å². The van der Waals surface area contributed by atoms with Crippen LogP contribution < -0.4 is 4.31 Å². The lowest BCUT2D eigenvalue weighted by Gasteiger charge is -2.16. The number of hydrogen-bond acceptors (Lipinski definition) is 5. The maximum absolute atomic E-state index is 13.2. The first-order valence-electron chi connectivity index (χ1n) is 8.55. The van der Waals surface area contributed by atoms with Gasteiger partial charge in [-0.15, -0.1) is 0 Å². The van der Waals surface area contributed by atoms with Crippen molar-refractivity contribution in [3.63, 3.8) is 0 Å². The molecule has 4 rings (SSSR count). The standard InChI is InChI=1S/C21H14FN3O3S/c1-25(29(26,27)16-11-9-15(22)10-12-16)21-19(13-23)24-20(28-21)18-8-4-6-14-5-2-3-7-17(14)18/h2-12H,1H3. The average Bonchev–Trinajstić information content (AvgIpc) is 3.17. The highest BCUT2D eigenvalue weighted by Crippen LogP contribution is 2.34. The number of nitrogens with zero attached hydrogens (tertiary/aromatic N) is 3. The van der Waals surface area contributed by atoms with Gasteiger partial charge < -0.3 is 4.42 Å². The van der Waals surface area contributed by atoms with E-state index >= 15 is 0 Å². The summed E-state index contributed by atoms with van der Waals surface area (Å²) in [5, 5.41) is 11.3. The van der Waals surface area contributed by atoms with Crippen LogP contribution in [0.3, 0.4) is 0 Å². The Kier molecular flexibility index (Phi) is 4.53. The lowest BCUT2D eigenvalue weighted by Crippen LogP contribution is -2.26. The van der Waals surface area contributed by atoms with Crippen LogP contribution in [0.5, 0.6) is 0 Å². The predicted octanol–water partition coefficient (Wildman–Crippen LogP) is 4.33. The first-order chi connectivity index (χ1) is 13.9. The summed E-state index contributed by atoms with van der Waals surface area (Å²) in [6.07, 6.45) is 0. The molecule has 0 saturated heterocycles. The highest BCUT2D eigenvalue weighted by atomic mass is 32.2. The second kappa shape index (κ2) is 7.04. The van der Waals surface area contributed by atoms with E-state index in [2.05, 4.69) is 4.98 Å². The van der Waals surface area contributed by atoms with Crippen LogP contribution in [0.4, 0.5) is 10.3 Å². The average molecular weight is 407 g/mol. The van der Waals surface area contributed by atoms with Gasteiger partial charge in [-0.25, -0.2) is 17.1 Å². The molecule has 0 saturated carbocycles. The van der Waals surface area contributed by atoms with Gasteiger partial charge in [0, 0.05) is 12.6 Å². The Balaban J connectivity index is 1.83. The molecule has 0 aliphatic carbocycles. The van der Waals surface area contributed by atoms with Crippen molar-refractivity contribution in [3.05, 3.63) is 78.2 Å². The van der Waals surface area contributed by atoms with Crippen molar-refractivity contribution in [1.82, 2.24) is 4.98 Å². The number of anilines is 1. The highest BCUT2D eigenvalue weighted by molar-refractivity contribution is 7.92. The molecule has 0 unspecified atom stereocenters. The van der Waals surface area contributed by atoms with E-state index in [1.165, 1.54) is 7.05 Å². The van der Waals surface area contributed by atoms with Crippen molar-refractivity contribution < 1.29 is 17.2 Å². The zero-order valence-corrected chi connectivity index (χ0v) is 16.0. The molecule has 0 bridgehead atoms. The van der Waals surface area contributed by atoms with Crippen LogP contribution in [-0.2, 0) is 10.0 Å². The number of sulfonamides is 1. The molecule has 0 atom stereocenters. The van der Waals surface area contributed by atoms with Crippen LogP contribution in [-0.4, -0.2) is 20.4 Å². The third-order valence-corrected chi connectivity index (χ3v) is 6.25. The minimum atomic E-state index is -4.07. The Labute approximate surface area is 166 Å². The minimum Gasteiger partial charge on any atom is -0.418 e. The van der Waals surface area contributed by atoms with Crippen molar-refractivity contribution in [2.24, 2.45) is 0 Å². The number of oxazole rings is 1. The summed E-state index contributed by atoms with van der Waals surface area (Å²) >= 11 is 0. The highest BCUT2D eigenvalue weighted by Gasteiger charge is 2.28. The van der Waals surface area contributed by atoms with Gasteiger partial charge in [-0.3, -0.25) is 0 Å². The van der Waals surface area contributed by atoms with E-state index in [0.717, 1.165) is 39.3 Å². The molecule has 1 heterocycles. The van der Waals surface area contributed by atoms with Crippen molar-refractivity contribution in [2.45, 2.75) is 4.90 Å². The van der Waals surface area contributed by atoms with Gasteiger partial charge in [0.15, 0.2) is 0 Å². The Hall–Kier alpha value is -3.70. The maximum atomic E-state index is 13.2. The Bertz CT molecular complexity index is 1350. The van der Waals surface area contributed by atoms with Crippen molar-refractivity contribution in [2.75, 3.05) is 11.4 Å². The fourth-order valence-electron chi connectivity index (χ4n) is 3.00. The summed E-state index contributed by atoms with van der Waals surface area (Å²) in [6.45, 7) is 0. The van der Waals surface area contributed by atoms with Gasteiger partial charge in [-0.1, -0.05) is 36.4 Å². The van der Waals surface area contributed by atoms with Crippen LogP contribution >= 0.6 is 0 Å². The fourth-order valence-corrected chi connectivity index (χ4v) is 4.14. The summed E-state index contributed by atoms with van der Waals surface area (Å²) < 4.78 is 45.5. The SMILES string of the molecule is CN(c1oc(-c2cccc3ccccc23)nc1C#N)S(=O)(=O)c1ccc(F)cc1. The first-order valence-corrected chi connectivity index (χ1v) is 9.99. The molecule has 29 heavy (non-hydrogen) atoms. The van der Waals surface area contributed by atoms with Crippen LogP contribution in [0.1, 0.15) is 5.69 Å². The molecule has 8 heteroatoms. The number of halogens is 1. The van der Waals surface area contributed by atoms with Crippen LogP contribution in [0.25, 0.3) is 22.2 Å². The zero-order valence-electron chi connectivity index (χ0n) is 15.2. The van der Waals surface area contributed by atoms with Gasteiger partial charge >= 0.3 is 0 Å². The molecule has 144 valence electrons. The van der Waals surface area contributed by atoms with E-state index in [1.54, 1.807) is 6.07 Å². The van der Waals surface area contributed by atoms with Gasteiger partial charge in [0.2, 0.25) is 17.5 Å². The van der Waals surface area contributed by atoms with E-state index < -0.39 is 15.8 Å². The third kappa shape index (κ3) is 3.22. The molecular weight excluding hydrogens is 393 g/mol. The van der Waals surface area contributed by atoms with Crippen molar-refractivity contribution >= 4 is 26.7 Å². The van der Waals surface area contributed by atoms with Crippen molar-refractivity contribution in [3.8, 4) is 17.5 Å². The van der Waals surface area contributed by atoms with Crippen molar-refractivity contribution in [1.29, 1.82) is 5.26 Å². The second-order valence-electron chi connectivity index (χ2n) is 6.24. The largest absolute Gasteiger partial charge is 0.418 e. The van der Waals surface area contributed by atoms with Crippen LogP contribution in [0.15, 0.2) is 76.0 Å². The molecule has 0 fully saturated rings. The molecule has 6 nitrogen and oxygen atoms in total. The number of hydrogen-bond donors (Lipinski definition) is 0. The summed E-state index contributed by atoms with van der Waals surface area (Å²) in [7, 11) is -2.81. The number of nitriles is 1. The molecule has 0 radical (unpaired) electrons. The summed E-state index contributed by atoms with van der Waals surface area (Å²) in [6, 6.07) is 19.4. The molecular formula is C21H14FN3O3S. The number of fused-ring (bicyclic) bond motifs is 1. The van der Waals surface area contributed by atoms with E-state index in [-0.39, 0.29) is 22.4 Å². The van der Waals surface area contributed by atoms with Crippen LogP contribution in [0, 0.1) is 17.1 Å². The second-order valence-corrected chi connectivity index (χ2v) is 8.21. The maximum Gasteiger partial charge on any atom is 0.266 e. The lowest BCUT2D eigenvalue weighted by molar-refractivity contribution is 0.563. The molecule has 4 aromatic rings. The number of benzene rings is 3. The molecule has 1 aromatic heterocycles. The molecule has 3 aromatic carbocycles. The Morgan fingerprint density at radius 1 is 1.03 bits per heavy atom. The summed E-state index contributed by atoms with van der Waals surface area (Å²) in [5.41, 5.74) is 0.472. The summed E-state index contributed by atoms with van der Waals surface area (Å²) in [5.74, 6) is -0.628. The normalized spacial score (nSPS) is 11.3. The number of aromatic nitrogens is 1. The van der Waals surface area contributed by atoms with Gasteiger partial charge in [0.1, 0.15) is 11.9 Å². The van der Waals surface area contributed by atoms with Gasteiger partial charge in [0.25, 0.3) is 10.0 Å². The zero-order chi connectivity index (χ0) is 20.6. The third-order valence-electron chi connectivity index (χ3n) is 4.49. The van der Waals surface area contributed by atoms with Gasteiger partial charge in [0.05, 0.1) is 4.90 Å². The smallest absolute Gasteiger partial charge is 0.266 e. The first kappa shape index (κ1) is 18.7. The van der Waals surface area contributed by atoms with Gasteiger partial charge in [-0.05, 0) is 41.1 Å². The molecule has 0 aliphatic heterocycles. The molecule has 0 amide bonds. The summed E-state index contributed by atoms with van der Waals surface area (Å²) in [4.78, 5) is 4.07. The van der Waals surface area contributed by atoms with E-state index in [9.17, 15) is 18.1 Å². The van der Waals surface area contributed by atoms with Crippen LogP contribution in [0.2, 0.25) is 0 Å². The Morgan fingerprint density at radius 3 is 2.45 bits per heavy atom. The molecule has 0 N–H and O–H groups in total. The lowest BCUT2D eigenvalue weighted by atomic mass is 10.0. The quantitative estimate of drug-likeness (QED) is 0.502. The predicted molar refractivity (Wildman–Crippen MR) is 106 cm³/mol. The van der Waals surface area contributed by atoms with E-state index in [4.69, 9.17) is 4.42 Å². The van der Waals surface area contributed by atoms with Gasteiger partial charge in [-0.2, -0.15) is 10.2 Å². The molecule has 0 spiro atoms. The monoisotopic (exact) mass is 407 g/mol. The number of rotatable bonds is 4.